The van der Waals surface area contributed by atoms with Crippen LogP contribution in [0.25, 0.3) is 0 Å². The Morgan fingerprint density at radius 2 is 1.91 bits per heavy atom. The van der Waals surface area contributed by atoms with Crippen LogP contribution in [0, 0.1) is 5.41 Å². The van der Waals surface area contributed by atoms with Crippen molar-refractivity contribution in [1.29, 1.82) is 0 Å². The minimum Gasteiger partial charge on any atom is -0.382 e. The van der Waals surface area contributed by atoms with E-state index in [1.807, 2.05) is 19.9 Å². The molecule has 0 aromatic carbocycles. The molecule has 0 fully saturated rings. The highest BCUT2D eigenvalue weighted by Crippen LogP contribution is 2.43. The SMILES string of the molecule is C=C[C@@](C)(O)C=CC1=C(C)CC(OC(C)(C)OC)CC1(C)C. The van der Waals surface area contributed by atoms with Crippen LogP contribution in [0.3, 0.4) is 0 Å². The fourth-order valence-corrected chi connectivity index (χ4v) is 3.00. The Labute approximate surface area is 135 Å². The third kappa shape index (κ3) is 5.08. The first-order valence-electron chi connectivity index (χ1n) is 7.91. The van der Waals surface area contributed by atoms with Gasteiger partial charge in [-0.3, -0.25) is 0 Å². The van der Waals surface area contributed by atoms with E-state index >= 15 is 0 Å². The zero-order chi connectivity index (χ0) is 17.2. The lowest BCUT2D eigenvalue weighted by molar-refractivity contribution is -0.228. The molecule has 1 aliphatic rings. The molecule has 0 aromatic rings. The third-order valence-electron chi connectivity index (χ3n) is 4.40. The van der Waals surface area contributed by atoms with E-state index in [1.54, 1.807) is 26.2 Å². The standard InChI is InChI=1S/C19H32O3/c1-9-19(7,20)11-10-16-14(2)12-15(13-17(16,3)4)22-18(5,6)21-8/h9-11,15,20H,1,12-13H2,2-8H3/t15?,19-/m1/s1. The molecular formula is C19H32O3. The summed E-state index contributed by atoms with van der Waals surface area (Å²) >= 11 is 0. The molecular weight excluding hydrogens is 276 g/mol. The molecule has 0 heterocycles. The van der Waals surface area contributed by atoms with E-state index in [2.05, 4.69) is 27.4 Å². The molecule has 1 aliphatic carbocycles. The van der Waals surface area contributed by atoms with Crippen LogP contribution in [0.4, 0.5) is 0 Å². The number of allylic oxidation sites excluding steroid dienone is 2. The molecule has 0 spiro atoms. The summed E-state index contributed by atoms with van der Waals surface area (Å²) in [5, 5.41) is 10.1. The third-order valence-corrected chi connectivity index (χ3v) is 4.40. The molecule has 2 atom stereocenters. The molecule has 0 aromatic heterocycles. The number of ether oxygens (including phenoxy) is 2. The van der Waals surface area contributed by atoms with Crippen molar-refractivity contribution >= 4 is 0 Å². The average molecular weight is 308 g/mol. The van der Waals surface area contributed by atoms with Crippen LogP contribution in [-0.4, -0.2) is 29.7 Å². The highest BCUT2D eigenvalue weighted by Gasteiger charge is 2.35. The number of methoxy groups -OCH3 is 1. The summed E-state index contributed by atoms with van der Waals surface area (Å²) in [6, 6.07) is 0. The lowest BCUT2D eigenvalue weighted by Crippen LogP contribution is -2.38. The van der Waals surface area contributed by atoms with E-state index in [0.717, 1.165) is 12.8 Å². The highest BCUT2D eigenvalue weighted by molar-refractivity contribution is 5.35. The van der Waals surface area contributed by atoms with Gasteiger partial charge in [0.05, 0.1) is 11.7 Å². The number of aliphatic hydroxyl groups is 1. The van der Waals surface area contributed by atoms with Gasteiger partial charge in [0, 0.05) is 7.11 Å². The Bertz CT molecular complexity index is 467. The highest BCUT2D eigenvalue weighted by atomic mass is 16.7. The van der Waals surface area contributed by atoms with Gasteiger partial charge >= 0.3 is 0 Å². The summed E-state index contributed by atoms with van der Waals surface area (Å²) in [5.74, 6) is -0.569. The van der Waals surface area contributed by atoms with Crippen molar-refractivity contribution in [2.24, 2.45) is 5.41 Å². The van der Waals surface area contributed by atoms with E-state index in [9.17, 15) is 5.11 Å². The molecule has 1 N–H and O–H groups in total. The largest absolute Gasteiger partial charge is 0.382 e. The first-order chi connectivity index (χ1) is 9.92. The molecule has 0 amide bonds. The topological polar surface area (TPSA) is 38.7 Å². The van der Waals surface area contributed by atoms with Crippen molar-refractivity contribution in [2.75, 3.05) is 7.11 Å². The van der Waals surface area contributed by atoms with Crippen molar-refractivity contribution in [1.82, 2.24) is 0 Å². The first kappa shape index (κ1) is 19.1. The lowest BCUT2D eigenvalue weighted by Gasteiger charge is -2.40. The van der Waals surface area contributed by atoms with Gasteiger partial charge in [-0.25, -0.2) is 0 Å². The van der Waals surface area contributed by atoms with E-state index in [-0.39, 0.29) is 11.5 Å². The number of rotatable bonds is 6. The van der Waals surface area contributed by atoms with E-state index < -0.39 is 11.4 Å². The first-order valence-corrected chi connectivity index (χ1v) is 7.91. The summed E-state index contributed by atoms with van der Waals surface area (Å²) in [6.07, 6.45) is 7.33. The van der Waals surface area contributed by atoms with Crippen molar-refractivity contribution in [2.45, 2.75) is 71.9 Å². The van der Waals surface area contributed by atoms with E-state index in [1.165, 1.54) is 11.1 Å². The number of hydrogen-bond donors (Lipinski definition) is 1. The van der Waals surface area contributed by atoms with Gasteiger partial charge in [0.15, 0.2) is 5.79 Å². The molecule has 0 radical (unpaired) electrons. The molecule has 126 valence electrons. The van der Waals surface area contributed by atoms with Crippen LogP contribution >= 0.6 is 0 Å². The molecule has 0 saturated carbocycles. The Morgan fingerprint density at radius 3 is 2.36 bits per heavy atom. The molecule has 0 aliphatic heterocycles. The molecule has 0 saturated heterocycles. The van der Waals surface area contributed by atoms with Gasteiger partial charge in [0.1, 0.15) is 0 Å². The predicted molar refractivity (Wildman–Crippen MR) is 91.6 cm³/mol. The maximum atomic E-state index is 10.1. The van der Waals surface area contributed by atoms with E-state index in [0.29, 0.717) is 0 Å². The molecule has 1 unspecified atom stereocenters. The van der Waals surface area contributed by atoms with Crippen LogP contribution in [-0.2, 0) is 9.47 Å². The minimum absolute atomic E-state index is 0.00935. The maximum Gasteiger partial charge on any atom is 0.162 e. The summed E-state index contributed by atoms with van der Waals surface area (Å²) in [4.78, 5) is 0. The van der Waals surface area contributed by atoms with Crippen LogP contribution in [0.5, 0.6) is 0 Å². The summed E-state index contributed by atoms with van der Waals surface area (Å²) in [5.41, 5.74) is 1.58. The molecule has 3 nitrogen and oxygen atoms in total. The summed E-state index contributed by atoms with van der Waals surface area (Å²) < 4.78 is 11.5. The second kappa shape index (κ2) is 6.69. The smallest absolute Gasteiger partial charge is 0.162 e. The second-order valence-corrected chi connectivity index (χ2v) is 7.59. The molecule has 3 heteroatoms. The van der Waals surface area contributed by atoms with E-state index in [4.69, 9.17) is 9.47 Å². The quantitative estimate of drug-likeness (QED) is 0.584. The van der Waals surface area contributed by atoms with Gasteiger partial charge in [-0.1, -0.05) is 38.2 Å². The molecule has 1 rings (SSSR count). The average Bonchev–Trinajstić information content (AvgIpc) is 2.36. The second-order valence-electron chi connectivity index (χ2n) is 7.59. The van der Waals surface area contributed by atoms with Gasteiger partial charge in [-0.05, 0) is 57.6 Å². The summed E-state index contributed by atoms with van der Waals surface area (Å²) in [7, 11) is 1.67. The Kier molecular flexibility index (Phi) is 5.82. The number of hydrogen-bond acceptors (Lipinski definition) is 3. The van der Waals surface area contributed by atoms with Gasteiger partial charge < -0.3 is 14.6 Å². The molecule has 22 heavy (non-hydrogen) atoms. The van der Waals surface area contributed by atoms with Crippen LogP contribution in [0.1, 0.15) is 54.4 Å². The van der Waals surface area contributed by atoms with Crippen LogP contribution in [0.15, 0.2) is 36.0 Å². The monoisotopic (exact) mass is 308 g/mol. The fraction of sp³-hybridized carbons (Fsp3) is 0.684. The Hall–Kier alpha value is -0.900. The normalized spacial score (nSPS) is 25.4. The van der Waals surface area contributed by atoms with Gasteiger partial charge in [-0.15, -0.1) is 0 Å². The van der Waals surface area contributed by atoms with Crippen LogP contribution in [0.2, 0.25) is 0 Å². The minimum atomic E-state index is -0.977. The van der Waals surface area contributed by atoms with Crippen molar-refractivity contribution < 1.29 is 14.6 Å². The van der Waals surface area contributed by atoms with Crippen molar-refractivity contribution in [3.8, 4) is 0 Å². The fourth-order valence-electron chi connectivity index (χ4n) is 3.00. The molecule has 0 bridgehead atoms. The lowest BCUT2D eigenvalue weighted by atomic mass is 9.71. The van der Waals surface area contributed by atoms with Crippen LogP contribution < -0.4 is 0 Å². The van der Waals surface area contributed by atoms with Gasteiger partial charge in [0.25, 0.3) is 0 Å². The Morgan fingerprint density at radius 1 is 1.32 bits per heavy atom. The van der Waals surface area contributed by atoms with Gasteiger partial charge in [0.2, 0.25) is 0 Å². The predicted octanol–water partition coefficient (Wildman–Crippen LogP) is 4.38. The zero-order valence-corrected chi connectivity index (χ0v) is 15.2. The summed E-state index contributed by atoms with van der Waals surface area (Å²) in [6.45, 7) is 15.8. The van der Waals surface area contributed by atoms with Crippen molar-refractivity contribution in [3.63, 3.8) is 0 Å². The van der Waals surface area contributed by atoms with Crippen molar-refractivity contribution in [3.05, 3.63) is 36.0 Å². The Balaban J connectivity index is 2.99. The van der Waals surface area contributed by atoms with Gasteiger partial charge in [-0.2, -0.15) is 0 Å². The maximum absolute atomic E-state index is 10.1. The zero-order valence-electron chi connectivity index (χ0n) is 15.2.